The lowest BCUT2D eigenvalue weighted by molar-refractivity contribution is 0.123. The average Bonchev–Trinajstić information content (AvgIpc) is 2.68. The Morgan fingerprint density at radius 2 is 1.80 bits per heavy atom. The SMILES string of the molecule is COc1ccccc1N(C)C(N)=Nc1ccccc1N1CCOCC1. The predicted octanol–water partition coefficient (Wildman–Crippen LogP) is 2.61. The van der Waals surface area contributed by atoms with Gasteiger partial charge in [0.2, 0.25) is 5.96 Å². The van der Waals surface area contributed by atoms with E-state index in [9.17, 15) is 0 Å². The summed E-state index contributed by atoms with van der Waals surface area (Å²) >= 11 is 0. The van der Waals surface area contributed by atoms with E-state index in [-0.39, 0.29) is 0 Å². The minimum atomic E-state index is 0.408. The number of rotatable bonds is 4. The second kappa shape index (κ2) is 7.90. The molecular weight excluding hydrogens is 316 g/mol. The Morgan fingerprint density at radius 3 is 2.56 bits per heavy atom. The fraction of sp³-hybridized carbons (Fsp3) is 0.316. The lowest BCUT2D eigenvalue weighted by Gasteiger charge is -2.30. The molecule has 2 aromatic carbocycles. The Labute approximate surface area is 148 Å². The molecule has 0 radical (unpaired) electrons. The van der Waals surface area contributed by atoms with Gasteiger partial charge in [-0.15, -0.1) is 0 Å². The Hall–Kier alpha value is -2.73. The number of guanidine groups is 1. The van der Waals surface area contributed by atoms with E-state index in [0.717, 1.165) is 49.1 Å². The number of hydrogen-bond acceptors (Lipinski definition) is 4. The van der Waals surface area contributed by atoms with Crippen molar-refractivity contribution in [3.8, 4) is 5.75 Å². The highest BCUT2D eigenvalue weighted by Gasteiger charge is 2.16. The Kier molecular flexibility index (Phi) is 5.40. The number of methoxy groups -OCH3 is 1. The van der Waals surface area contributed by atoms with Crippen LogP contribution in [0.25, 0.3) is 0 Å². The molecule has 0 aliphatic carbocycles. The topological polar surface area (TPSA) is 63.3 Å². The van der Waals surface area contributed by atoms with Crippen molar-refractivity contribution in [3.63, 3.8) is 0 Å². The molecule has 0 unspecified atom stereocenters. The van der Waals surface area contributed by atoms with Crippen LogP contribution >= 0.6 is 0 Å². The van der Waals surface area contributed by atoms with Crippen LogP contribution in [0.1, 0.15) is 0 Å². The Bertz CT molecular complexity index is 742. The van der Waals surface area contributed by atoms with Crippen molar-refractivity contribution >= 4 is 23.0 Å². The van der Waals surface area contributed by atoms with E-state index in [2.05, 4.69) is 16.0 Å². The molecule has 6 nitrogen and oxygen atoms in total. The number of anilines is 2. The Morgan fingerprint density at radius 1 is 1.12 bits per heavy atom. The van der Waals surface area contributed by atoms with E-state index in [4.69, 9.17) is 15.2 Å². The largest absolute Gasteiger partial charge is 0.495 e. The molecule has 2 aromatic rings. The second-order valence-electron chi connectivity index (χ2n) is 5.79. The van der Waals surface area contributed by atoms with Crippen LogP contribution in [-0.2, 0) is 4.74 Å². The Balaban J connectivity index is 1.89. The molecular formula is C19H24N4O2. The summed E-state index contributed by atoms with van der Waals surface area (Å²) in [5.74, 6) is 1.16. The highest BCUT2D eigenvalue weighted by molar-refractivity contribution is 5.98. The summed E-state index contributed by atoms with van der Waals surface area (Å²) in [6.07, 6.45) is 0. The predicted molar refractivity (Wildman–Crippen MR) is 102 cm³/mol. The zero-order valence-electron chi connectivity index (χ0n) is 14.7. The standard InChI is InChI=1S/C19H24N4O2/c1-22(17-9-5-6-10-18(17)24-2)19(20)21-15-7-3-4-8-16(15)23-11-13-25-14-12-23/h3-10H,11-14H2,1-2H3,(H2,20,21). The van der Waals surface area contributed by atoms with E-state index in [1.165, 1.54) is 0 Å². The first-order chi connectivity index (χ1) is 12.2. The molecule has 1 saturated heterocycles. The highest BCUT2D eigenvalue weighted by Crippen LogP contribution is 2.30. The first-order valence-corrected chi connectivity index (χ1v) is 8.33. The van der Waals surface area contributed by atoms with Gasteiger partial charge in [-0.2, -0.15) is 0 Å². The molecule has 2 N–H and O–H groups in total. The van der Waals surface area contributed by atoms with Crippen molar-refractivity contribution in [1.82, 2.24) is 0 Å². The van der Waals surface area contributed by atoms with Crippen LogP contribution in [0.4, 0.5) is 17.1 Å². The maximum atomic E-state index is 6.28. The molecule has 25 heavy (non-hydrogen) atoms. The molecule has 132 valence electrons. The number of benzene rings is 2. The van der Waals surface area contributed by atoms with Crippen LogP contribution in [-0.4, -0.2) is 46.4 Å². The number of hydrogen-bond donors (Lipinski definition) is 1. The molecule has 1 aliphatic rings. The zero-order valence-corrected chi connectivity index (χ0v) is 14.7. The molecule has 0 saturated carbocycles. The van der Waals surface area contributed by atoms with Gasteiger partial charge >= 0.3 is 0 Å². The second-order valence-corrected chi connectivity index (χ2v) is 5.79. The fourth-order valence-electron chi connectivity index (χ4n) is 2.86. The van der Waals surface area contributed by atoms with E-state index < -0.39 is 0 Å². The summed E-state index contributed by atoms with van der Waals surface area (Å²) in [6, 6.07) is 15.8. The summed E-state index contributed by atoms with van der Waals surface area (Å²) in [4.78, 5) is 8.77. The first-order valence-electron chi connectivity index (χ1n) is 8.33. The normalized spacial score (nSPS) is 15.1. The van der Waals surface area contributed by atoms with Gasteiger partial charge in [-0.1, -0.05) is 24.3 Å². The fourth-order valence-corrected chi connectivity index (χ4v) is 2.86. The average molecular weight is 340 g/mol. The molecule has 1 heterocycles. The molecule has 0 amide bonds. The van der Waals surface area contributed by atoms with E-state index in [1.807, 2.05) is 54.4 Å². The van der Waals surface area contributed by atoms with Crippen molar-refractivity contribution in [2.75, 3.05) is 50.3 Å². The van der Waals surface area contributed by atoms with Crippen molar-refractivity contribution < 1.29 is 9.47 Å². The van der Waals surface area contributed by atoms with Gasteiger partial charge in [0, 0.05) is 20.1 Å². The van der Waals surface area contributed by atoms with Crippen LogP contribution < -0.4 is 20.3 Å². The van der Waals surface area contributed by atoms with E-state index in [0.29, 0.717) is 5.96 Å². The summed E-state index contributed by atoms with van der Waals surface area (Å²) in [5.41, 5.74) is 9.07. The van der Waals surface area contributed by atoms with Crippen molar-refractivity contribution in [2.45, 2.75) is 0 Å². The van der Waals surface area contributed by atoms with Crippen molar-refractivity contribution in [2.24, 2.45) is 10.7 Å². The monoisotopic (exact) mass is 340 g/mol. The maximum Gasteiger partial charge on any atom is 0.200 e. The molecule has 0 spiro atoms. The number of morpholine rings is 1. The number of ether oxygens (including phenoxy) is 2. The zero-order chi connectivity index (χ0) is 17.6. The lowest BCUT2D eigenvalue weighted by atomic mass is 10.2. The van der Waals surface area contributed by atoms with Gasteiger partial charge in [-0.3, -0.25) is 0 Å². The van der Waals surface area contributed by atoms with Crippen LogP contribution in [0.5, 0.6) is 5.75 Å². The minimum absolute atomic E-state index is 0.408. The summed E-state index contributed by atoms with van der Waals surface area (Å²) in [5, 5.41) is 0. The van der Waals surface area contributed by atoms with Crippen molar-refractivity contribution in [1.29, 1.82) is 0 Å². The van der Waals surface area contributed by atoms with Gasteiger partial charge in [0.25, 0.3) is 0 Å². The first kappa shape index (κ1) is 17.1. The van der Waals surface area contributed by atoms with Crippen LogP contribution in [0.2, 0.25) is 0 Å². The smallest absolute Gasteiger partial charge is 0.200 e. The van der Waals surface area contributed by atoms with Gasteiger partial charge in [0.1, 0.15) is 5.75 Å². The number of nitrogens with zero attached hydrogens (tertiary/aromatic N) is 3. The lowest BCUT2D eigenvalue weighted by Crippen LogP contribution is -2.36. The molecule has 1 aliphatic heterocycles. The van der Waals surface area contributed by atoms with E-state index in [1.54, 1.807) is 7.11 Å². The van der Waals surface area contributed by atoms with Gasteiger partial charge in [0.15, 0.2) is 0 Å². The van der Waals surface area contributed by atoms with Crippen LogP contribution in [0.15, 0.2) is 53.5 Å². The molecule has 0 atom stereocenters. The molecule has 1 fully saturated rings. The molecule has 0 aromatic heterocycles. The van der Waals surface area contributed by atoms with Gasteiger partial charge in [-0.05, 0) is 24.3 Å². The van der Waals surface area contributed by atoms with Gasteiger partial charge in [-0.25, -0.2) is 4.99 Å². The van der Waals surface area contributed by atoms with Crippen LogP contribution in [0, 0.1) is 0 Å². The van der Waals surface area contributed by atoms with Gasteiger partial charge < -0.3 is 25.0 Å². The maximum absolute atomic E-state index is 6.28. The van der Waals surface area contributed by atoms with Crippen LogP contribution in [0.3, 0.4) is 0 Å². The minimum Gasteiger partial charge on any atom is -0.495 e. The third kappa shape index (κ3) is 3.85. The third-order valence-corrected chi connectivity index (χ3v) is 4.26. The third-order valence-electron chi connectivity index (χ3n) is 4.26. The molecule has 6 heteroatoms. The number of nitrogens with two attached hydrogens (primary N) is 1. The molecule has 3 rings (SSSR count). The quantitative estimate of drug-likeness (QED) is 0.685. The highest BCUT2D eigenvalue weighted by atomic mass is 16.5. The molecule has 0 bridgehead atoms. The summed E-state index contributed by atoms with van der Waals surface area (Å²) in [6.45, 7) is 3.17. The van der Waals surface area contributed by atoms with E-state index >= 15 is 0 Å². The summed E-state index contributed by atoms with van der Waals surface area (Å²) < 4.78 is 10.9. The van der Waals surface area contributed by atoms with Crippen molar-refractivity contribution in [3.05, 3.63) is 48.5 Å². The van der Waals surface area contributed by atoms with Gasteiger partial charge in [0.05, 0.1) is 37.4 Å². The summed E-state index contributed by atoms with van der Waals surface area (Å²) in [7, 11) is 3.53. The number of para-hydroxylation sites is 4. The number of aliphatic imine (C=N–C) groups is 1.